The summed E-state index contributed by atoms with van der Waals surface area (Å²) in [6, 6.07) is 24.5. The van der Waals surface area contributed by atoms with Gasteiger partial charge in [-0.05, 0) is 57.8 Å². The second-order valence-electron chi connectivity index (χ2n) is 8.15. The number of benzene rings is 3. The monoisotopic (exact) mass is 477 g/mol. The maximum absolute atomic E-state index is 13.2. The van der Waals surface area contributed by atoms with E-state index >= 15 is 0 Å². The van der Waals surface area contributed by atoms with E-state index in [2.05, 4.69) is 25.7 Å². The van der Waals surface area contributed by atoms with E-state index in [9.17, 15) is 9.59 Å². The van der Waals surface area contributed by atoms with Gasteiger partial charge in [0, 0.05) is 11.1 Å². The van der Waals surface area contributed by atoms with Crippen LogP contribution in [0.4, 0.5) is 0 Å². The molecule has 3 aromatic carbocycles. The van der Waals surface area contributed by atoms with Crippen LogP contribution in [0.15, 0.2) is 89.7 Å². The molecule has 0 amide bonds. The van der Waals surface area contributed by atoms with Crippen LogP contribution in [-0.4, -0.2) is 40.9 Å². The molecular formula is C27H23N7O2. The fourth-order valence-electron chi connectivity index (χ4n) is 3.85. The summed E-state index contributed by atoms with van der Waals surface area (Å²) in [5.74, 6) is 0.578. The Bertz CT molecular complexity index is 1560. The summed E-state index contributed by atoms with van der Waals surface area (Å²) in [7, 11) is 0. The first kappa shape index (κ1) is 22.9. The van der Waals surface area contributed by atoms with Crippen LogP contribution >= 0.6 is 0 Å². The summed E-state index contributed by atoms with van der Waals surface area (Å²) in [6.07, 6.45) is 4.47. The van der Waals surface area contributed by atoms with Gasteiger partial charge in [0.15, 0.2) is 11.6 Å². The molecule has 0 bridgehead atoms. The van der Waals surface area contributed by atoms with E-state index in [0.717, 1.165) is 33.4 Å². The number of aromatic nitrogens is 7. The topological polar surface area (TPSA) is 111 Å². The minimum atomic E-state index is -0.475. The highest BCUT2D eigenvalue weighted by molar-refractivity contribution is 5.95. The molecule has 9 nitrogen and oxygen atoms in total. The molecule has 0 aliphatic carbocycles. The lowest BCUT2D eigenvalue weighted by Gasteiger charge is -2.07. The minimum absolute atomic E-state index is 0.286. The smallest absolute Gasteiger partial charge is 0.271 e. The van der Waals surface area contributed by atoms with Crippen LogP contribution in [0.5, 0.6) is 0 Å². The highest BCUT2D eigenvalue weighted by Gasteiger charge is 2.18. The van der Waals surface area contributed by atoms with Crippen molar-refractivity contribution >= 4 is 12.0 Å². The van der Waals surface area contributed by atoms with E-state index < -0.39 is 11.6 Å². The lowest BCUT2D eigenvalue weighted by atomic mass is 10.0. The number of carbonyl (C=O) groups is 1. The molecule has 0 aliphatic rings. The van der Waals surface area contributed by atoms with Crippen molar-refractivity contribution < 1.29 is 4.79 Å². The molecule has 0 fully saturated rings. The Kier molecular flexibility index (Phi) is 6.44. The highest BCUT2D eigenvalue weighted by Crippen LogP contribution is 2.24. The average Bonchev–Trinajstić information content (AvgIpc) is 3.57. The van der Waals surface area contributed by atoms with Gasteiger partial charge in [0.2, 0.25) is 0 Å². The number of nitrogens with one attached hydrogen (secondary N) is 1. The molecule has 0 unspecified atom stereocenters. The molecule has 2 aromatic heterocycles. The highest BCUT2D eigenvalue weighted by atomic mass is 16.2. The van der Waals surface area contributed by atoms with Crippen molar-refractivity contribution in [1.82, 2.24) is 35.0 Å². The van der Waals surface area contributed by atoms with Crippen LogP contribution in [0, 0.1) is 0 Å². The number of carbonyl (C=O) groups excluding carboxylic acids is 1. The number of hydrogen-bond acceptors (Lipinski definition) is 6. The fourth-order valence-corrected chi connectivity index (χ4v) is 3.85. The van der Waals surface area contributed by atoms with Crippen LogP contribution in [0.1, 0.15) is 35.1 Å². The van der Waals surface area contributed by atoms with E-state index in [4.69, 9.17) is 0 Å². The van der Waals surface area contributed by atoms with E-state index in [-0.39, 0.29) is 6.54 Å². The number of H-pyrrole nitrogens is 1. The van der Waals surface area contributed by atoms with Gasteiger partial charge in [-0.25, -0.2) is 9.89 Å². The van der Waals surface area contributed by atoms with Gasteiger partial charge in [-0.2, -0.15) is 0 Å². The largest absolute Gasteiger partial charge is 0.354 e. The molecule has 0 spiro atoms. The average molecular weight is 478 g/mol. The fraction of sp³-hybridized carbons (Fsp3) is 0.111. The summed E-state index contributed by atoms with van der Waals surface area (Å²) >= 11 is 0. The third-order valence-corrected chi connectivity index (χ3v) is 5.72. The van der Waals surface area contributed by atoms with Crippen LogP contribution in [0.3, 0.4) is 0 Å². The van der Waals surface area contributed by atoms with Crippen molar-refractivity contribution in [3.05, 3.63) is 112 Å². The van der Waals surface area contributed by atoms with E-state index in [1.54, 1.807) is 30.3 Å². The number of allylic oxidation sites excluding steroid dienone is 1. The van der Waals surface area contributed by atoms with Crippen LogP contribution in [-0.2, 0) is 6.54 Å². The van der Waals surface area contributed by atoms with Crippen LogP contribution < -0.4 is 5.69 Å². The normalized spacial score (nSPS) is 11.2. The molecule has 5 aromatic rings. The molecule has 0 saturated heterocycles. The van der Waals surface area contributed by atoms with E-state index in [1.807, 2.05) is 67.6 Å². The summed E-state index contributed by atoms with van der Waals surface area (Å²) in [5, 5.41) is 18.3. The number of aromatic amines is 1. The number of hydrogen-bond donors (Lipinski definition) is 1. The molecule has 0 radical (unpaired) electrons. The van der Waals surface area contributed by atoms with Crippen molar-refractivity contribution in [1.29, 1.82) is 0 Å². The molecule has 0 aliphatic heterocycles. The molecule has 9 heteroatoms. The van der Waals surface area contributed by atoms with Crippen molar-refractivity contribution in [3.63, 3.8) is 0 Å². The maximum atomic E-state index is 13.2. The van der Waals surface area contributed by atoms with Crippen molar-refractivity contribution in [2.24, 2.45) is 0 Å². The van der Waals surface area contributed by atoms with Gasteiger partial charge in [0.05, 0.1) is 6.54 Å². The summed E-state index contributed by atoms with van der Waals surface area (Å²) < 4.78 is 2.45. The molecule has 36 heavy (non-hydrogen) atoms. The van der Waals surface area contributed by atoms with Gasteiger partial charge in [0.25, 0.3) is 5.91 Å². The third kappa shape index (κ3) is 4.67. The van der Waals surface area contributed by atoms with Gasteiger partial charge in [-0.1, -0.05) is 73.7 Å². The first-order valence-corrected chi connectivity index (χ1v) is 11.5. The Morgan fingerprint density at radius 1 is 0.944 bits per heavy atom. The molecule has 1 N–H and O–H groups in total. The van der Waals surface area contributed by atoms with Crippen molar-refractivity contribution in [3.8, 4) is 22.5 Å². The molecule has 0 atom stereocenters. The summed E-state index contributed by atoms with van der Waals surface area (Å²) in [6.45, 7) is 2.28. The standard InChI is InChI=1S/C27H23N7O2/c1-2-3-12-24-30-34(26(35)21-8-5-4-6-9-21)27(36)33(24)18-19-13-15-20(16-14-19)22-10-7-11-23(17-22)25-28-31-32-29-25/h3-17H,2,18H2,1H3,(H,28,29,31,32). The zero-order valence-electron chi connectivity index (χ0n) is 19.6. The van der Waals surface area contributed by atoms with Crippen molar-refractivity contribution in [2.75, 3.05) is 0 Å². The maximum Gasteiger partial charge on any atom is 0.354 e. The molecule has 0 saturated carbocycles. The predicted molar refractivity (Wildman–Crippen MR) is 136 cm³/mol. The van der Waals surface area contributed by atoms with Gasteiger partial charge in [0.1, 0.15) is 0 Å². The van der Waals surface area contributed by atoms with Crippen molar-refractivity contribution in [2.45, 2.75) is 19.9 Å². The lowest BCUT2D eigenvalue weighted by Crippen LogP contribution is -2.30. The first-order valence-electron chi connectivity index (χ1n) is 11.5. The Balaban J connectivity index is 1.43. The Labute approximate surface area is 206 Å². The summed E-state index contributed by atoms with van der Waals surface area (Å²) in [4.78, 5) is 26.1. The van der Waals surface area contributed by atoms with Crippen LogP contribution in [0.25, 0.3) is 28.6 Å². The number of rotatable bonds is 7. The third-order valence-electron chi connectivity index (χ3n) is 5.72. The second-order valence-corrected chi connectivity index (χ2v) is 8.15. The zero-order chi connectivity index (χ0) is 24.9. The quantitative estimate of drug-likeness (QED) is 0.379. The van der Waals surface area contributed by atoms with Crippen LogP contribution in [0.2, 0.25) is 0 Å². The first-order chi connectivity index (χ1) is 17.6. The Morgan fingerprint density at radius 2 is 1.72 bits per heavy atom. The minimum Gasteiger partial charge on any atom is -0.271 e. The Morgan fingerprint density at radius 3 is 2.44 bits per heavy atom. The number of nitrogens with zero attached hydrogens (tertiary/aromatic N) is 6. The summed E-state index contributed by atoms with van der Waals surface area (Å²) in [5.41, 5.74) is 3.76. The second kappa shape index (κ2) is 10.1. The van der Waals surface area contributed by atoms with Gasteiger partial charge < -0.3 is 0 Å². The lowest BCUT2D eigenvalue weighted by molar-refractivity contribution is 0.0940. The van der Waals surface area contributed by atoms with Gasteiger partial charge in [-0.3, -0.25) is 9.36 Å². The Hall–Kier alpha value is -4.92. The molecule has 5 rings (SSSR count). The van der Waals surface area contributed by atoms with Gasteiger partial charge >= 0.3 is 5.69 Å². The van der Waals surface area contributed by atoms with Gasteiger partial charge in [-0.15, -0.1) is 14.9 Å². The molecular weight excluding hydrogens is 454 g/mol. The zero-order valence-corrected chi connectivity index (χ0v) is 19.6. The molecule has 178 valence electrons. The van der Waals surface area contributed by atoms with E-state index in [0.29, 0.717) is 17.2 Å². The SMILES string of the molecule is CCC=Cc1nn(C(=O)c2ccccc2)c(=O)n1Cc1ccc(-c2cccc(-c3nnn[nH]3)c2)cc1. The number of tetrazole rings is 1. The van der Waals surface area contributed by atoms with E-state index in [1.165, 1.54) is 4.57 Å². The molecule has 2 heterocycles. The predicted octanol–water partition coefficient (Wildman–Crippen LogP) is 4.05.